The topological polar surface area (TPSA) is 54.3 Å². The van der Waals surface area contributed by atoms with Crippen LogP contribution >= 0.6 is 0 Å². The number of carbonyl (C=O) groups excluding carboxylic acids is 1. The molecule has 1 fully saturated rings. The molecule has 0 aromatic rings. The molecule has 0 aromatic heterocycles. The Balaban J connectivity index is 2.00. The van der Waals surface area contributed by atoms with Crippen LogP contribution in [0, 0.1) is 0 Å². The molecule has 1 saturated heterocycles. The van der Waals surface area contributed by atoms with Crippen LogP contribution in [0.3, 0.4) is 0 Å². The highest BCUT2D eigenvalue weighted by atomic mass is 16.6. The molecule has 5 heteroatoms. The fourth-order valence-corrected chi connectivity index (χ4v) is 1.99. The molecule has 2 aliphatic rings. The molecule has 0 unspecified atom stereocenters. The zero-order valence-corrected chi connectivity index (χ0v) is 10.6. The maximum absolute atomic E-state index is 12.0. The summed E-state index contributed by atoms with van der Waals surface area (Å²) in [6.45, 7) is 6.96. The van der Waals surface area contributed by atoms with Gasteiger partial charge in [0.25, 0.3) is 0 Å². The lowest BCUT2D eigenvalue weighted by molar-refractivity contribution is 0.0271. The second kappa shape index (κ2) is 4.47. The van der Waals surface area contributed by atoms with Crippen molar-refractivity contribution in [1.29, 1.82) is 0 Å². The first-order chi connectivity index (χ1) is 7.96. The number of azo groups is 1. The van der Waals surface area contributed by atoms with E-state index in [1.165, 1.54) is 0 Å². The molecule has 1 atom stereocenters. The number of amides is 1. The average Bonchev–Trinajstić information content (AvgIpc) is 2.53. The van der Waals surface area contributed by atoms with E-state index in [0.29, 0.717) is 6.54 Å². The maximum Gasteiger partial charge on any atom is 0.410 e. The van der Waals surface area contributed by atoms with Gasteiger partial charge < -0.3 is 9.64 Å². The Morgan fingerprint density at radius 3 is 3.00 bits per heavy atom. The van der Waals surface area contributed by atoms with Crippen LogP contribution in [-0.4, -0.2) is 35.7 Å². The molecule has 94 valence electrons. The Labute approximate surface area is 102 Å². The normalized spacial score (nSPS) is 24.1. The minimum atomic E-state index is -0.443. The molecule has 0 aliphatic carbocycles. The Bertz CT molecular complexity index is 368. The number of nitrogens with zero attached hydrogens (tertiary/aromatic N) is 3. The first-order valence-corrected chi connectivity index (χ1v) is 6.02. The molecular weight excluding hydrogens is 218 g/mol. The van der Waals surface area contributed by atoms with Crippen molar-refractivity contribution < 1.29 is 9.53 Å². The molecule has 0 aromatic carbocycles. The minimum Gasteiger partial charge on any atom is -0.444 e. The van der Waals surface area contributed by atoms with Gasteiger partial charge in [-0.2, -0.15) is 10.2 Å². The lowest BCUT2D eigenvalue weighted by Gasteiger charge is -2.26. The molecule has 2 heterocycles. The van der Waals surface area contributed by atoms with Gasteiger partial charge in [0.05, 0.1) is 12.2 Å². The average molecular weight is 237 g/mol. The predicted molar refractivity (Wildman–Crippen MR) is 63.8 cm³/mol. The smallest absolute Gasteiger partial charge is 0.410 e. The van der Waals surface area contributed by atoms with Gasteiger partial charge in [0.2, 0.25) is 0 Å². The van der Waals surface area contributed by atoms with Crippen LogP contribution in [0.25, 0.3) is 0 Å². The molecule has 0 radical (unpaired) electrons. The van der Waals surface area contributed by atoms with Gasteiger partial charge in [0.15, 0.2) is 0 Å². The fourth-order valence-electron chi connectivity index (χ4n) is 1.99. The van der Waals surface area contributed by atoms with Crippen molar-refractivity contribution in [3.05, 3.63) is 11.8 Å². The number of carbonyl (C=O) groups is 1. The number of hydrogen-bond acceptors (Lipinski definition) is 4. The fraction of sp³-hybridized carbons (Fsp3) is 0.750. The molecule has 1 amide bonds. The first-order valence-electron chi connectivity index (χ1n) is 6.02. The van der Waals surface area contributed by atoms with Gasteiger partial charge in [0, 0.05) is 13.1 Å². The summed E-state index contributed by atoms with van der Waals surface area (Å²) >= 11 is 0. The highest BCUT2D eigenvalue weighted by molar-refractivity contribution is 5.68. The number of hydrogen-bond donors (Lipinski definition) is 0. The van der Waals surface area contributed by atoms with E-state index in [2.05, 4.69) is 10.2 Å². The van der Waals surface area contributed by atoms with Gasteiger partial charge in [-0.25, -0.2) is 4.79 Å². The summed E-state index contributed by atoms with van der Waals surface area (Å²) in [4.78, 5) is 13.7. The van der Waals surface area contributed by atoms with Gasteiger partial charge in [0.1, 0.15) is 5.60 Å². The van der Waals surface area contributed by atoms with E-state index in [1.54, 1.807) is 11.1 Å². The lowest BCUT2D eigenvalue weighted by Crippen LogP contribution is -2.38. The van der Waals surface area contributed by atoms with E-state index < -0.39 is 5.60 Å². The molecule has 0 saturated carbocycles. The van der Waals surface area contributed by atoms with E-state index in [0.717, 1.165) is 25.0 Å². The lowest BCUT2D eigenvalue weighted by atomic mass is 10.1. The standard InChI is InChI=1S/C12H19N3O2/c1-12(2,3)17-11(16)15-6-4-5-10-9(8-15)7-13-14-10/h7,10H,4-6,8H2,1-3H3/t10-/m1/s1. The van der Waals surface area contributed by atoms with Crippen molar-refractivity contribution in [2.24, 2.45) is 10.2 Å². The third-order valence-corrected chi connectivity index (χ3v) is 2.79. The van der Waals surface area contributed by atoms with Crippen LogP contribution < -0.4 is 0 Å². The maximum atomic E-state index is 12.0. The highest BCUT2D eigenvalue weighted by Crippen LogP contribution is 2.25. The number of ether oxygens (including phenoxy) is 1. The number of rotatable bonds is 0. The summed E-state index contributed by atoms with van der Waals surface area (Å²) in [5, 5.41) is 8.06. The van der Waals surface area contributed by atoms with E-state index in [9.17, 15) is 4.79 Å². The van der Waals surface area contributed by atoms with Crippen LogP contribution in [0.15, 0.2) is 22.0 Å². The molecule has 0 bridgehead atoms. The highest BCUT2D eigenvalue weighted by Gasteiger charge is 2.29. The van der Waals surface area contributed by atoms with E-state index >= 15 is 0 Å². The Kier molecular flexibility index (Phi) is 3.17. The number of fused-ring (bicyclic) bond motifs is 1. The summed E-state index contributed by atoms with van der Waals surface area (Å²) < 4.78 is 5.38. The molecule has 17 heavy (non-hydrogen) atoms. The quantitative estimate of drug-likeness (QED) is 0.650. The molecule has 0 spiro atoms. The summed E-state index contributed by atoms with van der Waals surface area (Å²) in [5.41, 5.74) is 0.676. The van der Waals surface area contributed by atoms with E-state index in [-0.39, 0.29) is 12.1 Å². The summed E-state index contributed by atoms with van der Waals surface area (Å²) in [7, 11) is 0. The van der Waals surface area contributed by atoms with Crippen molar-refractivity contribution >= 4 is 6.09 Å². The van der Waals surface area contributed by atoms with Crippen LogP contribution in [0.2, 0.25) is 0 Å². The molecule has 5 nitrogen and oxygen atoms in total. The van der Waals surface area contributed by atoms with Crippen molar-refractivity contribution in [3.63, 3.8) is 0 Å². The zero-order valence-electron chi connectivity index (χ0n) is 10.6. The molecule has 2 aliphatic heterocycles. The largest absolute Gasteiger partial charge is 0.444 e. The van der Waals surface area contributed by atoms with Crippen LogP contribution in [0.4, 0.5) is 4.79 Å². The predicted octanol–water partition coefficient (Wildman–Crippen LogP) is 2.74. The Morgan fingerprint density at radius 2 is 2.29 bits per heavy atom. The minimum absolute atomic E-state index is 0.183. The third kappa shape index (κ3) is 3.05. The van der Waals surface area contributed by atoms with Gasteiger partial charge in [-0.05, 0) is 39.2 Å². The summed E-state index contributed by atoms with van der Waals surface area (Å²) in [6.07, 6.45) is 3.44. The first kappa shape index (κ1) is 12.1. The molecule has 2 rings (SSSR count). The van der Waals surface area contributed by atoms with Gasteiger partial charge in [-0.15, -0.1) is 0 Å². The van der Waals surface area contributed by atoms with E-state index in [4.69, 9.17) is 4.74 Å². The molecule has 0 N–H and O–H groups in total. The van der Waals surface area contributed by atoms with Crippen molar-refractivity contribution in [2.45, 2.75) is 45.3 Å². The van der Waals surface area contributed by atoms with Gasteiger partial charge in [-0.1, -0.05) is 0 Å². The van der Waals surface area contributed by atoms with E-state index in [1.807, 2.05) is 20.8 Å². The zero-order chi connectivity index (χ0) is 12.5. The van der Waals surface area contributed by atoms with Gasteiger partial charge >= 0.3 is 6.09 Å². The monoisotopic (exact) mass is 237 g/mol. The van der Waals surface area contributed by atoms with Gasteiger partial charge in [-0.3, -0.25) is 0 Å². The van der Waals surface area contributed by atoms with Crippen LogP contribution in [-0.2, 0) is 4.74 Å². The van der Waals surface area contributed by atoms with Crippen molar-refractivity contribution in [1.82, 2.24) is 4.90 Å². The van der Waals surface area contributed by atoms with Crippen molar-refractivity contribution in [3.8, 4) is 0 Å². The summed E-state index contributed by atoms with van der Waals surface area (Å²) in [5.74, 6) is 0. The summed E-state index contributed by atoms with van der Waals surface area (Å²) in [6, 6.07) is 0.183. The van der Waals surface area contributed by atoms with Crippen molar-refractivity contribution in [2.75, 3.05) is 13.1 Å². The van der Waals surface area contributed by atoms with Crippen LogP contribution in [0.5, 0.6) is 0 Å². The Morgan fingerprint density at radius 1 is 1.53 bits per heavy atom. The second-order valence-electron chi connectivity index (χ2n) is 5.49. The SMILES string of the molecule is CC(C)(C)OC(=O)N1CCC[C@H]2N=NC=C2C1. The second-order valence-corrected chi connectivity index (χ2v) is 5.49. The number of likely N-dealkylation sites (tertiary alicyclic amines) is 1. The molecular formula is C12H19N3O2. The third-order valence-electron chi connectivity index (χ3n) is 2.79. The Hall–Kier alpha value is -1.39. The van der Waals surface area contributed by atoms with Crippen LogP contribution in [0.1, 0.15) is 33.6 Å².